The van der Waals surface area contributed by atoms with Crippen molar-refractivity contribution in [3.63, 3.8) is 0 Å². The van der Waals surface area contributed by atoms with Crippen molar-refractivity contribution in [1.29, 1.82) is 0 Å². The summed E-state index contributed by atoms with van der Waals surface area (Å²) >= 11 is 0. The van der Waals surface area contributed by atoms with E-state index in [0.717, 1.165) is 11.4 Å². The van der Waals surface area contributed by atoms with Gasteiger partial charge in [-0.2, -0.15) is 0 Å². The first-order valence-corrected chi connectivity index (χ1v) is 10.4. The number of aliphatic hydroxyl groups excluding tert-OH is 4. The summed E-state index contributed by atoms with van der Waals surface area (Å²) in [6.07, 6.45) is 0. The fraction of sp³-hybridized carbons (Fsp3) is 0.364. The molecule has 0 atom stereocenters. The van der Waals surface area contributed by atoms with Crippen molar-refractivity contribution in [3.05, 3.63) is 48.5 Å². The summed E-state index contributed by atoms with van der Waals surface area (Å²) in [6, 6.07) is 14.9. The number of rotatable bonds is 12. The fourth-order valence-corrected chi connectivity index (χ4v) is 3.51. The predicted molar refractivity (Wildman–Crippen MR) is 121 cm³/mol. The molecule has 4 N–H and O–H groups in total. The number of hydrogen-bond donors (Lipinski definition) is 4. The Morgan fingerprint density at radius 3 is 1.12 bits per heavy atom. The van der Waals surface area contributed by atoms with Crippen molar-refractivity contribution in [2.45, 2.75) is 0 Å². The Hall–Kier alpha value is -3.18. The molecular formula is C22H28N6O4. The lowest BCUT2D eigenvalue weighted by Gasteiger charge is -2.25. The van der Waals surface area contributed by atoms with Gasteiger partial charge in [-0.1, -0.05) is 24.3 Å². The van der Waals surface area contributed by atoms with Crippen LogP contribution >= 0.6 is 0 Å². The zero-order valence-electron chi connectivity index (χ0n) is 17.7. The molecule has 10 nitrogen and oxygen atoms in total. The summed E-state index contributed by atoms with van der Waals surface area (Å²) in [7, 11) is 0. The average Bonchev–Trinajstić information content (AvgIpc) is 2.84. The largest absolute Gasteiger partial charge is 0.395 e. The van der Waals surface area contributed by atoms with E-state index in [-0.39, 0.29) is 26.4 Å². The zero-order chi connectivity index (χ0) is 22.8. The molecule has 0 unspecified atom stereocenters. The maximum absolute atomic E-state index is 9.38. The van der Waals surface area contributed by atoms with Crippen LogP contribution in [-0.2, 0) is 0 Å². The van der Waals surface area contributed by atoms with E-state index >= 15 is 0 Å². The van der Waals surface area contributed by atoms with E-state index in [0.29, 0.717) is 49.0 Å². The van der Waals surface area contributed by atoms with Crippen molar-refractivity contribution in [1.82, 2.24) is 20.4 Å². The third kappa shape index (κ3) is 5.54. The molecule has 0 aliphatic carbocycles. The molecule has 1 heterocycles. The molecular weight excluding hydrogens is 412 g/mol. The summed E-state index contributed by atoms with van der Waals surface area (Å²) in [5.41, 5.74) is 2.92. The number of benzene rings is 2. The highest BCUT2D eigenvalue weighted by Gasteiger charge is 2.17. The van der Waals surface area contributed by atoms with Crippen molar-refractivity contribution >= 4 is 11.4 Å². The van der Waals surface area contributed by atoms with Crippen LogP contribution in [0.25, 0.3) is 22.8 Å². The van der Waals surface area contributed by atoms with Crippen LogP contribution in [0.1, 0.15) is 0 Å². The number of aromatic nitrogens is 4. The zero-order valence-corrected chi connectivity index (χ0v) is 17.7. The lowest BCUT2D eigenvalue weighted by Crippen LogP contribution is -2.30. The molecule has 1 aromatic heterocycles. The minimum absolute atomic E-state index is 0.0560. The molecule has 10 heteroatoms. The molecule has 0 fully saturated rings. The third-order valence-corrected chi connectivity index (χ3v) is 4.93. The van der Waals surface area contributed by atoms with E-state index in [9.17, 15) is 20.4 Å². The molecule has 0 radical (unpaired) electrons. The Balaban J connectivity index is 1.96. The molecule has 0 aliphatic heterocycles. The van der Waals surface area contributed by atoms with Crippen LogP contribution in [0.5, 0.6) is 0 Å². The smallest absolute Gasteiger partial charge is 0.205 e. The van der Waals surface area contributed by atoms with E-state index in [1.54, 1.807) is 0 Å². The Bertz CT molecular complexity index is 882. The van der Waals surface area contributed by atoms with E-state index in [1.165, 1.54) is 0 Å². The fourth-order valence-electron chi connectivity index (χ4n) is 3.51. The number of hydrogen-bond acceptors (Lipinski definition) is 10. The van der Waals surface area contributed by atoms with Gasteiger partial charge in [0.05, 0.1) is 26.4 Å². The molecule has 0 saturated heterocycles. The van der Waals surface area contributed by atoms with Crippen molar-refractivity contribution in [2.24, 2.45) is 0 Å². The van der Waals surface area contributed by atoms with Gasteiger partial charge in [-0.05, 0) is 24.3 Å². The second kappa shape index (κ2) is 12.0. The summed E-state index contributed by atoms with van der Waals surface area (Å²) in [4.78, 5) is 3.70. The standard InChI is InChI=1S/C22H28N6O4/c29-13-9-27(10-14-30)19-7-3-1-5-17(19)21-23-25-22(26-24-21)18-6-2-4-8-20(18)28(11-15-31)12-16-32/h1-8,29-32H,9-16H2. The normalized spacial score (nSPS) is 10.9. The molecule has 170 valence electrons. The summed E-state index contributed by atoms with van der Waals surface area (Å²) in [6.45, 7) is 1.20. The Morgan fingerprint density at radius 1 is 0.500 bits per heavy atom. The molecule has 0 amide bonds. The van der Waals surface area contributed by atoms with E-state index < -0.39 is 0 Å². The van der Waals surface area contributed by atoms with E-state index in [1.807, 2.05) is 58.3 Å². The van der Waals surface area contributed by atoms with Crippen LogP contribution in [0.2, 0.25) is 0 Å². The summed E-state index contributed by atoms with van der Waals surface area (Å²) < 4.78 is 0. The molecule has 0 bridgehead atoms. The van der Waals surface area contributed by atoms with Crippen molar-refractivity contribution in [2.75, 3.05) is 62.4 Å². The number of anilines is 2. The first kappa shape index (κ1) is 23.5. The number of nitrogens with zero attached hydrogens (tertiary/aromatic N) is 6. The van der Waals surface area contributed by atoms with Gasteiger partial charge in [0.25, 0.3) is 0 Å². The molecule has 2 aromatic carbocycles. The Labute approximate surface area is 186 Å². The third-order valence-electron chi connectivity index (χ3n) is 4.93. The topological polar surface area (TPSA) is 139 Å². The summed E-state index contributed by atoms with van der Waals surface area (Å²) in [5, 5.41) is 54.7. The van der Waals surface area contributed by atoms with Crippen molar-refractivity contribution < 1.29 is 20.4 Å². The monoisotopic (exact) mass is 440 g/mol. The maximum Gasteiger partial charge on any atom is 0.205 e. The minimum Gasteiger partial charge on any atom is -0.395 e. The van der Waals surface area contributed by atoms with Crippen molar-refractivity contribution in [3.8, 4) is 22.8 Å². The molecule has 3 rings (SSSR count). The molecule has 0 spiro atoms. The maximum atomic E-state index is 9.38. The number of aliphatic hydroxyl groups is 4. The quantitative estimate of drug-likeness (QED) is 0.308. The van der Waals surface area contributed by atoms with Crippen LogP contribution in [0.4, 0.5) is 11.4 Å². The Kier molecular flexibility index (Phi) is 8.81. The van der Waals surface area contributed by atoms with Crippen LogP contribution in [0, 0.1) is 0 Å². The highest BCUT2D eigenvalue weighted by Crippen LogP contribution is 2.30. The highest BCUT2D eigenvalue weighted by atomic mass is 16.3. The van der Waals surface area contributed by atoms with Gasteiger partial charge in [0.2, 0.25) is 11.6 Å². The lowest BCUT2D eigenvalue weighted by molar-refractivity contribution is 0.280. The highest BCUT2D eigenvalue weighted by molar-refractivity contribution is 5.76. The van der Waals surface area contributed by atoms with Crippen LogP contribution < -0.4 is 9.80 Å². The summed E-state index contributed by atoms with van der Waals surface area (Å²) in [5.74, 6) is 0.649. The lowest BCUT2D eigenvalue weighted by atomic mass is 10.1. The molecule has 0 aliphatic rings. The Morgan fingerprint density at radius 2 is 0.812 bits per heavy atom. The second-order valence-corrected chi connectivity index (χ2v) is 6.95. The molecule has 3 aromatic rings. The van der Waals surface area contributed by atoms with Gasteiger partial charge in [0, 0.05) is 48.7 Å². The average molecular weight is 441 g/mol. The van der Waals surface area contributed by atoms with Crippen LogP contribution in [0.15, 0.2) is 48.5 Å². The number of para-hydroxylation sites is 2. The van der Waals surface area contributed by atoms with Gasteiger partial charge in [0.15, 0.2) is 0 Å². The van der Waals surface area contributed by atoms with Crippen LogP contribution in [0.3, 0.4) is 0 Å². The first-order chi connectivity index (χ1) is 15.7. The SMILES string of the molecule is OCCN(CCO)c1ccccc1-c1nnc(-c2ccccc2N(CCO)CCO)nn1. The first-order valence-electron chi connectivity index (χ1n) is 10.4. The molecule has 0 saturated carbocycles. The van der Waals surface area contributed by atoms with Gasteiger partial charge in [-0.3, -0.25) is 0 Å². The van der Waals surface area contributed by atoms with Gasteiger partial charge < -0.3 is 30.2 Å². The van der Waals surface area contributed by atoms with Gasteiger partial charge in [0.1, 0.15) is 0 Å². The van der Waals surface area contributed by atoms with Crippen LogP contribution in [-0.4, -0.2) is 93.4 Å². The van der Waals surface area contributed by atoms with Gasteiger partial charge in [-0.25, -0.2) is 0 Å². The van der Waals surface area contributed by atoms with Gasteiger partial charge >= 0.3 is 0 Å². The molecule has 32 heavy (non-hydrogen) atoms. The van der Waals surface area contributed by atoms with E-state index in [2.05, 4.69) is 20.4 Å². The second-order valence-electron chi connectivity index (χ2n) is 6.95. The van der Waals surface area contributed by atoms with E-state index in [4.69, 9.17) is 0 Å². The predicted octanol–water partition coefficient (Wildman–Crippen LogP) is 0.183. The van der Waals surface area contributed by atoms with Gasteiger partial charge in [-0.15, -0.1) is 20.4 Å². The minimum atomic E-state index is -0.0560.